The van der Waals surface area contributed by atoms with Crippen molar-refractivity contribution in [2.24, 2.45) is 0 Å². The van der Waals surface area contributed by atoms with Crippen molar-refractivity contribution in [3.63, 3.8) is 0 Å². The van der Waals surface area contributed by atoms with E-state index in [0.29, 0.717) is 21.3 Å². The van der Waals surface area contributed by atoms with Gasteiger partial charge in [0.05, 0.1) is 12.0 Å². The van der Waals surface area contributed by atoms with E-state index < -0.39 is 27.9 Å². The van der Waals surface area contributed by atoms with E-state index in [0.717, 1.165) is 3.57 Å². The average molecular weight is 514 g/mol. The Hall–Kier alpha value is -2.14. The van der Waals surface area contributed by atoms with Crippen molar-refractivity contribution in [1.29, 1.82) is 0 Å². The third-order valence-corrected chi connectivity index (χ3v) is 7.04. The quantitative estimate of drug-likeness (QED) is 0.620. The Morgan fingerprint density at radius 2 is 1.89 bits per heavy atom. The lowest BCUT2D eigenvalue weighted by Crippen LogP contribution is -2.45. The number of nitrogens with zero attached hydrogens (tertiary/aromatic N) is 1. The summed E-state index contributed by atoms with van der Waals surface area (Å²) < 4.78 is 33.0. The molecule has 1 N–H and O–H groups in total. The van der Waals surface area contributed by atoms with Crippen molar-refractivity contribution in [3.05, 3.63) is 51.6 Å². The Morgan fingerprint density at radius 3 is 2.50 bits per heavy atom. The fourth-order valence-corrected chi connectivity index (χ4v) is 5.13. The van der Waals surface area contributed by atoms with Crippen molar-refractivity contribution in [2.75, 3.05) is 12.4 Å². The Balaban J connectivity index is 1.89. The first-order valence-electron chi connectivity index (χ1n) is 8.52. The minimum absolute atomic E-state index is 0.000851. The van der Waals surface area contributed by atoms with Crippen LogP contribution in [0.3, 0.4) is 0 Å². The number of halogens is 1. The summed E-state index contributed by atoms with van der Waals surface area (Å²) in [7, 11) is -2.67. The van der Waals surface area contributed by atoms with Gasteiger partial charge in [0.2, 0.25) is 11.8 Å². The van der Waals surface area contributed by atoms with E-state index in [1.165, 1.54) is 25.3 Å². The van der Waals surface area contributed by atoms with Crippen LogP contribution in [-0.2, 0) is 19.6 Å². The zero-order chi connectivity index (χ0) is 20.5. The van der Waals surface area contributed by atoms with E-state index in [4.69, 9.17) is 4.74 Å². The molecule has 1 saturated heterocycles. The Kier molecular flexibility index (Phi) is 5.94. The summed E-state index contributed by atoms with van der Waals surface area (Å²) >= 11 is 2.14. The van der Waals surface area contributed by atoms with Gasteiger partial charge >= 0.3 is 0 Å². The molecule has 9 heteroatoms. The second-order valence-corrected chi connectivity index (χ2v) is 9.44. The minimum atomic E-state index is -4.16. The van der Waals surface area contributed by atoms with Crippen LogP contribution in [0, 0.1) is 10.5 Å². The van der Waals surface area contributed by atoms with Crippen LogP contribution in [-0.4, -0.2) is 37.7 Å². The van der Waals surface area contributed by atoms with Gasteiger partial charge in [-0.2, -0.15) is 0 Å². The molecule has 7 nitrogen and oxygen atoms in total. The second kappa shape index (κ2) is 8.08. The average Bonchev–Trinajstić information content (AvgIpc) is 3.06. The summed E-state index contributed by atoms with van der Waals surface area (Å²) in [5.74, 6) is -0.572. The predicted molar refractivity (Wildman–Crippen MR) is 113 cm³/mol. The highest BCUT2D eigenvalue weighted by Crippen LogP contribution is 2.30. The number of rotatable bonds is 5. The molecule has 0 saturated carbocycles. The SMILES string of the molecule is COc1ccc(S(=O)(=O)N2C(=O)CC[C@@H]2C(=O)Nc2ccc(I)cc2)cc1C. The summed E-state index contributed by atoms with van der Waals surface area (Å²) in [5.41, 5.74) is 1.16. The van der Waals surface area contributed by atoms with Gasteiger partial charge in [-0.25, -0.2) is 12.7 Å². The summed E-state index contributed by atoms with van der Waals surface area (Å²) in [6.45, 7) is 1.71. The molecule has 1 fully saturated rings. The van der Waals surface area contributed by atoms with Gasteiger partial charge < -0.3 is 10.1 Å². The number of sulfonamides is 1. The molecule has 3 rings (SSSR count). The van der Waals surface area contributed by atoms with E-state index in [1.807, 2.05) is 12.1 Å². The predicted octanol–water partition coefficient (Wildman–Crippen LogP) is 2.93. The molecule has 1 aliphatic heterocycles. The summed E-state index contributed by atoms with van der Waals surface area (Å²) in [6, 6.07) is 10.4. The van der Waals surface area contributed by atoms with Gasteiger partial charge in [-0.1, -0.05) is 0 Å². The fraction of sp³-hybridized carbons (Fsp3) is 0.263. The molecule has 1 aliphatic rings. The van der Waals surface area contributed by atoms with E-state index in [1.54, 1.807) is 19.1 Å². The van der Waals surface area contributed by atoms with Crippen LogP contribution in [0.15, 0.2) is 47.4 Å². The van der Waals surface area contributed by atoms with Crippen molar-refractivity contribution in [3.8, 4) is 5.75 Å². The molecule has 2 aromatic rings. The van der Waals surface area contributed by atoms with Crippen LogP contribution in [0.1, 0.15) is 18.4 Å². The highest BCUT2D eigenvalue weighted by atomic mass is 127. The molecule has 1 atom stereocenters. The van der Waals surface area contributed by atoms with Crippen molar-refractivity contribution >= 4 is 50.1 Å². The molecule has 0 unspecified atom stereocenters. The number of aryl methyl sites for hydroxylation is 1. The van der Waals surface area contributed by atoms with Crippen LogP contribution in [0.4, 0.5) is 5.69 Å². The first kappa shape index (κ1) is 20.6. The van der Waals surface area contributed by atoms with Gasteiger partial charge in [-0.05, 0) is 84.0 Å². The zero-order valence-electron chi connectivity index (χ0n) is 15.3. The topological polar surface area (TPSA) is 92.8 Å². The van der Waals surface area contributed by atoms with Crippen LogP contribution >= 0.6 is 22.6 Å². The van der Waals surface area contributed by atoms with Gasteiger partial charge in [-0.3, -0.25) is 9.59 Å². The first-order valence-corrected chi connectivity index (χ1v) is 11.0. The van der Waals surface area contributed by atoms with Gasteiger partial charge in [0, 0.05) is 15.7 Å². The lowest BCUT2D eigenvalue weighted by atomic mass is 10.2. The van der Waals surface area contributed by atoms with Crippen LogP contribution in [0.5, 0.6) is 5.75 Å². The maximum Gasteiger partial charge on any atom is 0.267 e. The number of carbonyl (C=O) groups is 2. The zero-order valence-corrected chi connectivity index (χ0v) is 18.3. The molecule has 0 aromatic heterocycles. The van der Waals surface area contributed by atoms with Crippen LogP contribution in [0.2, 0.25) is 0 Å². The summed E-state index contributed by atoms with van der Waals surface area (Å²) in [5, 5.41) is 2.69. The number of anilines is 1. The molecule has 28 heavy (non-hydrogen) atoms. The summed E-state index contributed by atoms with van der Waals surface area (Å²) in [6.07, 6.45) is 0.141. The van der Waals surface area contributed by atoms with Gasteiger partial charge in [0.15, 0.2) is 0 Å². The largest absolute Gasteiger partial charge is 0.496 e. The molecule has 2 aromatic carbocycles. The fourth-order valence-electron chi connectivity index (χ4n) is 3.08. The Morgan fingerprint density at radius 1 is 1.21 bits per heavy atom. The van der Waals surface area contributed by atoms with Crippen molar-refractivity contribution in [2.45, 2.75) is 30.7 Å². The Labute approximate surface area is 177 Å². The van der Waals surface area contributed by atoms with Gasteiger partial charge in [-0.15, -0.1) is 0 Å². The maximum absolute atomic E-state index is 13.1. The molecule has 0 bridgehead atoms. The molecular formula is C19H19IN2O5S. The molecule has 0 radical (unpaired) electrons. The van der Waals surface area contributed by atoms with Crippen molar-refractivity contribution in [1.82, 2.24) is 4.31 Å². The number of methoxy groups -OCH3 is 1. The minimum Gasteiger partial charge on any atom is -0.496 e. The Bertz CT molecular complexity index is 1020. The molecular weight excluding hydrogens is 495 g/mol. The summed E-state index contributed by atoms with van der Waals surface area (Å²) in [4.78, 5) is 25.0. The van der Waals surface area contributed by atoms with Crippen LogP contribution in [0.25, 0.3) is 0 Å². The molecule has 0 spiro atoms. The third kappa shape index (κ3) is 4.00. The second-order valence-electron chi connectivity index (χ2n) is 6.38. The maximum atomic E-state index is 13.1. The van der Waals surface area contributed by atoms with Gasteiger partial charge in [0.1, 0.15) is 11.8 Å². The lowest BCUT2D eigenvalue weighted by Gasteiger charge is -2.24. The standard InChI is InChI=1S/C19H19IN2O5S/c1-12-11-15(7-9-17(12)27-2)28(25,26)22-16(8-10-18(22)23)19(24)21-14-5-3-13(20)4-6-14/h3-7,9,11,16H,8,10H2,1-2H3,(H,21,24)/t16-/m1/s1. The van der Waals surface area contributed by atoms with E-state index in [2.05, 4.69) is 27.9 Å². The number of benzene rings is 2. The molecule has 0 aliphatic carbocycles. The monoisotopic (exact) mass is 514 g/mol. The smallest absolute Gasteiger partial charge is 0.267 e. The number of nitrogens with one attached hydrogen (secondary N) is 1. The van der Waals surface area contributed by atoms with Crippen LogP contribution < -0.4 is 10.1 Å². The van der Waals surface area contributed by atoms with E-state index >= 15 is 0 Å². The molecule has 2 amide bonds. The number of amides is 2. The lowest BCUT2D eigenvalue weighted by molar-refractivity contribution is -0.128. The van der Waals surface area contributed by atoms with E-state index in [-0.39, 0.29) is 17.7 Å². The van der Waals surface area contributed by atoms with Gasteiger partial charge in [0.25, 0.3) is 10.0 Å². The normalized spacial score (nSPS) is 16.9. The highest BCUT2D eigenvalue weighted by Gasteiger charge is 2.44. The number of hydrogen-bond acceptors (Lipinski definition) is 5. The molecule has 1 heterocycles. The van der Waals surface area contributed by atoms with Crippen molar-refractivity contribution < 1.29 is 22.7 Å². The highest BCUT2D eigenvalue weighted by molar-refractivity contribution is 14.1. The molecule has 148 valence electrons. The third-order valence-electron chi connectivity index (χ3n) is 4.50. The number of ether oxygens (including phenoxy) is 1. The number of hydrogen-bond donors (Lipinski definition) is 1. The van der Waals surface area contributed by atoms with E-state index in [9.17, 15) is 18.0 Å². The first-order chi connectivity index (χ1) is 13.2. The number of carbonyl (C=O) groups excluding carboxylic acids is 2.